The fourth-order valence-corrected chi connectivity index (χ4v) is 16.9. The molecule has 27 heteroatoms. The average molecular weight is 1680 g/mol. The van der Waals surface area contributed by atoms with E-state index in [2.05, 4.69) is 301 Å². The summed E-state index contributed by atoms with van der Waals surface area (Å²) in [5, 5.41) is 44.7. The van der Waals surface area contributed by atoms with E-state index in [-0.39, 0.29) is 102 Å². The maximum atomic E-state index is 11.2. The Hall–Kier alpha value is -14.5. The number of hydrogen-bond donors (Lipinski definition) is 0. The van der Waals surface area contributed by atoms with Gasteiger partial charge in [0.25, 0.3) is 22.8 Å². The number of para-hydroxylation sites is 1. The van der Waals surface area contributed by atoms with Gasteiger partial charge in [0.05, 0.1) is 81.7 Å². The Bertz CT molecular complexity index is 6860. The number of nitriles is 4. The lowest BCUT2D eigenvalue weighted by atomic mass is 9.79. The van der Waals surface area contributed by atoms with Crippen LogP contribution in [0.4, 0.5) is 22.7 Å². The minimum absolute atomic E-state index is 0.00336. The molecule has 0 aliphatic carbocycles. The number of nitrogens with zero attached hydrogens (tertiary/aromatic N) is 12. The van der Waals surface area contributed by atoms with Crippen LogP contribution in [-0.2, 0) is 55.9 Å². The third kappa shape index (κ3) is 19.1. The standard InChI is InChI=1S/C33H33N2.C29H31N2.C17H12N4O7S.C17H14N4O6S/c1-32(2)28(34(5)26-20-18-22-12-7-9-14-24(22)30(26)32)16-11-17-29-33(3,4)31-25-15-10-8-13-23(25)19-21-27(31)35(29)6;1-28(2)22-14-9-10-15-23(22)30(5)25(28)16-11-17-26-29(3,4)27-21-13-8-7-12-20(21)18-19-24(27)31(26)6;1-20-13(8-18)11-7-16(12(6-15(11)26-3)14(9-19)21-2)27-4-5-28-17(22)10-29(23,24)25;1-4-5-25-16-8-13(15(11-19)21-3)17(9-12(16)14(10-18)20-2)26-6-7-27-28(22,23)24/h7-21H,1-6H3;7-19H,1-6H3;6-7H,4-5,10H2,3H3,(H,23,24,25);8-9H,4-7H2,1H3,(H,22,23,24)/q2*+1;;/p-2/b;;13-11-,14-12+;14-12-,15-13+. The number of hydrogen-bond acceptors (Lipinski definition) is 19. The van der Waals surface area contributed by atoms with Crippen LogP contribution in [0.3, 0.4) is 0 Å². The summed E-state index contributed by atoms with van der Waals surface area (Å²) in [7, 11) is 0.350. The second kappa shape index (κ2) is 37.8. The predicted molar refractivity (Wildman–Crippen MR) is 472 cm³/mol. The van der Waals surface area contributed by atoms with E-state index in [1.165, 1.54) is 132 Å². The van der Waals surface area contributed by atoms with E-state index in [1.807, 2.05) is 6.92 Å². The number of rotatable bonds is 19. The predicted octanol–water partition coefficient (Wildman–Crippen LogP) is 14.3. The second-order valence-corrected chi connectivity index (χ2v) is 33.2. The Kier molecular flexibility index (Phi) is 27.9. The zero-order valence-electron chi connectivity index (χ0n) is 70.4. The van der Waals surface area contributed by atoms with Crippen LogP contribution in [0.2, 0.25) is 0 Å². The highest BCUT2D eigenvalue weighted by Crippen LogP contribution is 2.51. The van der Waals surface area contributed by atoms with Crippen molar-refractivity contribution in [2.75, 3.05) is 83.9 Å². The first-order chi connectivity index (χ1) is 58.5. The number of esters is 1. The number of ether oxygens (including phenoxy) is 5. The first-order valence-electron chi connectivity index (χ1n) is 38.7. The largest absolute Gasteiger partial charge is 0.748 e. The molecule has 0 bridgehead atoms. The summed E-state index contributed by atoms with van der Waals surface area (Å²) in [5.41, 5.74) is 14.6. The van der Waals surface area contributed by atoms with Crippen molar-refractivity contribution < 1.29 is 67.8 Å². The molecule has 13 rings (SSSR count). The molecule has 0 atom stereocenters. The fraction of sp³-hybridized carbons (Fsp3) is 0.260. The Morgan fingerprint density at radius 3 is 1.26 bits per heavy atom. The number of carbonyl (C=O) groups is 1. The third-order valence-electron chi connectivity index (χ3n) is 21.8. The molecule has 4 heterocycles. The molecule has 9 aromatic carbocycles. The summed E-state index contributed by atoms with van der Waals surface area (Å²) >= 11 is 0. The number of allylic oxidation sites excluding steroid dienone is 8. The van der Waals surface area contributed by atoms with E-state index < -0.39 is 52.1 Å². The van der Waals surface area contributed by atoms with Gasteiger partial charge in [0, 0.05) is 104 Å². The topological polar surface area (TPSA) is 312 Å². The van der Waals surface area contributed by atoms with E-state index in [9.17, 15) is 41.3 Å². The Morgan fingerprint density at radius 1 is 0.480 bits per heavy atom. The molecule has 0 unspecified atom stereocenters. The van der Waals surface area contributed by atoms with Gasteiger partial charge >= 0.3 is 5.97 Å². The summed E-state index contributed by atoms with van der Waals surface area (Å²) in [5.74, 6) is -2.57. The summed E-state index contributed by atoms with van der Waals surface area (Å²) in [6, 6.07) is 60.3. The molecule has 0 aromatic heterocycles. The zero-order valence-corrected chi connectivity index (χ0v) is 72.0. The average Bonchev–Trinajstić information content (AvgIpc) is 1.59. The summed E-state index contributed by atoms with van der Waals surface area (Å²) < 4.78 is 97.5. The highest BCUT2D eigenvalue weighted by Gasteiger charge is 2.47. The van der Waals surface area contributed by atoms with Crippen molar-refractivity contribution in [2.24, 2.45) is 0 Å². The Balaban J connectivity index is 0.000000173. The van der Waals surface area contributed by atoms with Gasteiger partial charge in [-0.25, -0.2) is 57.3 Å². The summed E-state index contributed by atoms with van der Waals surface area (Å²) in [4.78, 5) is 28.3. The highest BCUT2D eigenvalue weighted by molar-refractivity contribution is 7.86. The van der Waals surface area contributed by atoms with Crippen molar-refractivity contribution in [2.45, 2.75) is 90.4 Å². The van der Waals surface area contributed by atoms with Crippen LogP contribution in [0.5, 0.6) is 23.0 Å². The summed E-state index contributed by atoms with van der Waals surface area (Å²) in [6.45, 7) is 47.5. The molecule has 4 aliphatic rings. The van der Waals surface area contributed by atoms with E-state index in [4.69, 9.17) is 55.8 Å². The first kappa shape index (κ1) is 90.8. The molecule has 0 saturated heterocycles. The SMILES string of the molecule is CN1/C(=C\C=C\C2=[N+](C)c3ccc4ccccc4c3C2(C)C)C(C)(C)c2c1ccc1ccccc21.CN1C(=CC=CC2=[N+](C)c3ccc4ccccc4c3C2(C)C)C(C)(C)c2ccccc21.[C-]#[N+]/C(C#N)=c1/cc(OCCOC(=O)CS(=O)(=O)[O-])/c(=C(\C#N)[N+]#[C-])cc1OC.[C-]#[N+]/C(C#N)=c1/cc(OCCOS(=O)(=O)[O-])/c(=C(\C#N)[N+]#[C-])cc1OCCC. The van der Waals surface area contributed by atoms with Gasteiger partial charge in [-0.2, -0.15) is 9.15 Å². The van der Waals surface area contributed by atoms with Gasteiger partial charge in [-0.05, 0) is 138 Å². The van der Waals surface area contributed by atoms with Crippen LogP contribution < -0.4 is 49.6 Å². The smallest absolute Gasteiger partial charge is 0.320 e. The van der Waals surface area contributed by atoms with Crippen LogP contribution in [0.1, 0.15) is 91.0 Å². The number of likely N-dealkylation sites (N-methyl/N-ethyl adjacent to an activating group) is 2. The van der Waals surface area contributed by atoms with Gasteiger partial charge < -0.3 is 42.6 Å². The van der Waals surface area contributed by atoms with Gasteiger partial charge in [0.1, 0.15) is 72.8 Å². The van der Waals surface area contributed by atoms with E-state index in [0.29, 0.717) is 6.42 Å². The van der Waals surface area contributed by atoms with E-state index in [0.717, 1.165) is 0 Å². The van der Waals surface area contributed by atoms with Gasteiger partial charge in [-0.3, -0.25) is 8.98 Å². The van der Waals surface area contributed by atoms with Gasteiger partial charge in [-0.1, -0.05) is 144 Å². The van der Waals surface area contributed by atoms with Crippen molar-refractivity contribution in [3.05, 3.63) is 294 Å². The molecule has 9 aromatic rings. The molecular formula is C96H88N12O13S2. The second-order valence-electron chi connectivity index (χ2n) is 30.8. The first-order valence-corrected chi connectivity index (χ1v) is 41.6. The van der Waals surface area contributed by atoms with Crippen LogP contribution in [0, 0.1) is 71.6 Å². The van der Waals surface area contributed by atoms with E-state index >= 15 is 0 Å². The van der Waals surface area contributed by atoms with Crippen molar-refractivity contribution in [1.82, 2.24) is 0 Å². The molecule has 123 heavy (non-hydrogen) atoms. The molecule has 0 saturated carbocycles. The minimum atomic E-state index is -4.90. The third-order valence-corrected chi connectivity index (χ3v) is 22.9. The van der Waals surface area contributed by atoms with Gasteiger partial charge in [0.15, 0.2) is 11.4 Å². The maximum Gasteiger partial charge on any atom is 0.320 e. The van der Waals surface area contributed by atoms with Crippen LogP contribution in [0.15, 0.2) is 206 Å². The molecule has 25 nitrogen and oxygen atoms in total. The van der Waals surface area contributed by atoms with Crippen molar-refractivity contribution in [1.29, 1.82) is 21.0 Å². The normalized spacial score (nSPS) is 16.3. The Labute approximate surface area is 716 Å². The lowest BCUT2D eigenvalue weighted by Crippen LogP contribution is -2.27. The van der Waals surface area contributed by atoms with Crippen LogP contribution in [0.25, 0.3) is 74.5 Å². The van der Waals surface area contributed by atoms with E-state index in [1.54, 1.807) is 24.3 Å². The van der Waals surface area contributed by atoms with Crippen LogP contribution >= 0.6 is 0 Å². The minimum Gasteiger partial charge on any atom is -0.748 e. The van der Waals surface area contributed by atoms with Crippen molar-refractivity contribution >= 4 is 116 Å². The quantitative estimate of drug-likeness (QED) is 0.0181. The highest BCUT2D eigenvalue weighted by atomic mass is 32.3. The van der Waals surface area contributed by atoms with Gasteiger partial charge in [-0.15, -0.1) is 0 Å². The van der Waals surface area contributed by atoms with Gasteiger partial charge in [0.2, 0.25) is 21.8 Å². The molecule has 0 fully saturated rings. The lowest BCUT2D eigenvalue weighted by Gasteiger charge is -2.24. The number of anilines is 2. The number of carbonyl (C=O) groups excluding carboxylic acids is 1. The number of methoxy groups -OCH3 is 1. The zero-order chi connectivity index (χ0) is 89.7. The molecule has 0 amide bonds. The number of fused-ring (bicyclic) bond motifs is 10. The molecule has 0 N–H and O–H groups in total. The Morgan fingerprint density at radius 2 is 0.854 bits per heavy atom. The summed E-state index contributed by atoms with van der Waals surface area (Å²) in [6.07, 6.45) is 14.3. The van der Waals surface area contributed by atoms with Crippen LogP contribution in [-0.4, -0.2) is 127 Å². The number of benzene rings is 9. The molecule has 0 spiro atoms. The van der Waals surface area contributed by atoms with Crippen molar-refractivity contribution in [3.8, 4) is 47.3 Å². The molecular weight excluding hydrogens is 1590 g/mol. The molecule has 4 aliphatic heterocycles. The lowest BCUT2D eigenvalue weighted by molar-refractivity contribution is -0.401. The molecule has 0 radical (unpaired) electrons. The maximum absolute atomic E-state index is 11.2. The molecule has 622 valence electrons. The van der Waals surface area contributed by atoms with Crippen molar-refractivity contribution in [3.63, 3.8) is 0 Å². The fourth-order valence-electron chi connectivity index (χ4n) is 16.3. The monoisotopic (exact) mass is 1680 g/mol.